The SMILES string of the molecule is CCCCC(C)(CO)Nc1cc(N)nc2cc(F)ccc12. The molecule has 21 heavy (non-hydrogen) atoms. The molecule has 0 spiro atoms. The number of anilines is 2. The average Bonchev–Trinajstić information content (AvgIpc) is 2.44. The fraction of sp³-hybridized carbons (Fsp3) is 0.438. The minimum Gasteiger partial charge on any atom is -0.394 e. The van der Waals surface area contributed by atoms with E-state index in [9.17, 15) is 9.50 Å². The van der Waals surface area contributed by atoms with Crippen LogP contribution in [0.15, 0.2) is 24.3 Å². The van der Waals surface area contributed by atoms with Crippen molar-refractivity contribution < 1.29 is 9.50 Å². The fourth-order valence-electron chi connectivity index (χ4n) is 2.40. The number of aliphatic hydroxyl groups excluding tert-OH is 1. The van der Waals surface area contributed by atoms with E-state index >= 15 is 0 Å². The molecule has 0 amide bonds. The van der Waals surface area contributed by atoms with Gasteiger partial charge in [0.2, 0.25) is 0 Å². The van der Waals surface area contributed by atoms with Crippen molar-refractivity contribution in [3.63, 3.8) is 0 Å². The second-order valence-corrected chi connectivity index (χ2v) is 5.70. The average molecular weight is 291 g/mol. The van der Waals surface area contributed by atoms with Crippen LogP contribution in [0, 0.1) is 5.82 Å². The first-order valence-electron chi connectivity index (χ1n) is 7.22. The van der Waals surface area contributed by atoms with E-state index in [1.165, 1.54) is 12.1 Å². The van der Waals surface area contributed by atoms with Crippen LogP contribution in [-0.2, 0) is 0 Å². The predicted molar refractivity (Wildman–Crippen MR) is 84.8 cm³/mol. The molecule has 0 aliphatic rings. The summed E-state index contributed by atoms with van der Waals surface area (Å²) < 4.78 is 13.3. The molecular weight excluding hydrogens is 269 g/mol. The third-order valence-corrected chi connectivity index (χ3v) is 3.66. The van der Waals surface area contributed by atoms with E-state index in [0.717, 1.165) is 30.3 Å². The lowest BCUT2D eigenvalue weighted by Gasteiger charge is -2.30. The van der Waals surface area contributed by atoms with E-state index in [4.69, 9.17) is 5.73 Å². The zero-order chi connectivity index (χ0) is 15.5. The standard InChI is InChI=1S/C16H22FN3O/c1-3-4-7-16(2,10-21)20-14-9-15(18)19-13-8-11(17)5-6-12(13)14/h5-6,8-9,21H,3-4,7,10H2,1-2H3,(H3,18,19,20). The maximum atomic E-state index is 13.3. The van der Waals surface area contributed by atoms with Crippen molar-refractivity contribution in [3.8, 4) is 0 Å². The Balaban J connectivity index is 2.41. The fourth-order valence-corrected chi connectivity index (χ4v) is 2.40. The number of rotatable bonds is 6. The largest absolute Gasteiger partial charge is 0.394 e. The Hall–Kier alpha value is -1.88. The summed E-state index contributed by atoms with van der Waals surface area (Å²) in [6.07, 6.45) is 2.91. The van der Waals surface area contributed by atoms with Crippen LogP contribution < -0.4 is 11.1 Å². The van der Waals surface area contributed by atoms with Crippen molar-refractivity contribution in [2.75, 3.05) is 17.7 Å². The number of unbranched alkanes of at least 4 members (excludes halogenated alkanes) is 1. The van der Waals surface area contributed by atoms with Gasteiger partial charge in [0, 0.05) is 23.2 Å². The van der Waals surface area contributed by atoms with Crippen molar-refractivity contribution in [3.05, 3.63) is 30.1 Å². The molecular formula is C16H22FN3O. The van der Waals surface area contributed by atoms with Gasteiger partial charge >= 0.3 is 0 Å². The number of benzene rings is 1. The predicted octanol–water partition coefficient (Wildman–Crippen LogP) is 3.31. The van der Waals surface area contributed by atoms with E-state index in [0.29, 0.717) is 11.3 Å². The second kappa shape index (κ2) is 6.26. The molecule has 0 aliphatic carbocycles. The molecule has 2 aromatic rings. The molecule has 1 aromatic heterocycles. The van der Waals surface area contributed by atoms with Crippen LogP contribution in [0.3, 0.4) is 0 Å². The highest BCUT2D eigenvalue weighted by Crippen LogP contribution is 2.29. The van der Waals surface area contributed by atoms with E-state index < -0.39 is 5.54 Å². The maximum absolute atomic E-state index is 13.3. The highest BCUT2D eigenvalue weighted by Gasteiger charge is 2.23. The monoisotopic (exact) mass is 291 g/mol. The molecule has 0 bridgehead atoms. The van der Waals surface area contributed by atoms with Gasteiger partial charge in [-0.05, 0) is 25.5 Å². The molecule has 0 saturated heterocycles. The van der Waals surface area contributed by atoms with Gasteiger partial charge in [0.25, 0.3) is 0 Å². The Morgan fingerprint density at radius 1 is 1.38 bits per heavy atom. The first-order valence-corrected chi connectivity index (χ1v) is 7.22. The summed E-state index contributed by atoms with van der Waals surface area (Å²) >= 11 is 0. The van der Waals surface area contributed by atoms with Gasteiger partial charge in [-0.15, -0.1) is 0 Å². The van der Waals surface area contributed by atoms with Gasteiger partial charge in [0.1, 0.15) is 11.6 Å². The summed E-state index contributed by atoms with van der Waals surface area (Å²) in [5, 5.41) is 13.8. The number of fused-ring (bicyclic) bond motifs is 1. The van der Waals surface area contributed by atoms with E-state index in [1.54, 1.807) is 12.1 Å². The van der Waals surface area contributed by atoms with Gasteiger partial charge in [-0.25, -0.2) is 9.37 Å². The summed E-state index contributed by atoms with van der Waals surface area (Å²) in [6, 6.07) is 6.16. The second-order valence-electron chi connectivity index (χ2n) is 5.70. The van der Waals surface area contributed by atoms with Gasteiger partial charge in [-0.3, -0.25) is 0 Å². The molecule has 1 unspecified atom stereocenters. The first kappa shape index (κ1) is 15.5. The minimum atomic E-state index is -0.439. The zero-order valence-corrected chi connectivity index (χ0v) is 12.5. The van der Waals surface area contributed by atoms with Crippen molar-refractivity contribution >= 4 is 22.4 Å². The lowest BCUT2D eigenvalue weighted by Crippen LogP contribution is -2.38. The molecule has 1 aromatic carbocycles. The Bertz CT molecular complexity index is 627. The van der Waals surface area contributed by atoms with E-state index in [-0.39, 0.29) is 12.4 Å². The van der Waals surface area contributed by atoms with Crippen LogP contribution >= 0.6 is 0 Å². The lowest BCUT2D eigenvalue weighted by atomic mass is 9.95. The van der Waals surface area contributed by atoms with Gasteiger partial charge < -0.3 is 16.2 Å². The van der Waals surface area contributed by atoms with Crippen LogP contribution in [0.2, 0.25) is 0 Å². The number of nitrogens with one attached hydrogen (secondary N) is 1. The summed E-state index contributed by atoms with van der Waals surface area (Å²) in [6.45, 7) is 4.09. The molecule has 5 heteroatoms. The third-order valence-electron chi connectivity index (χ3n) is 3.66. The zero-order valence-electron chi connectivity index (χ0n) is 12.5. The number of pyridine rings is 1. The van der Waals surface area contributed by atoms with Gasteiger partial charge in [0.15, 0.2) is 0 Å². The number of nitrogens with two attached hydrogens (primary N) is 1. The molecule has 1 atom stereocenters. The summed E-state index contributed by atoms with van der Waals surface area (Å²) in [5.74, 6) is -0.0196. The van der Waals surface area contributed by atoms with Crippen molar-refractivity contribution in [2.45, 2.75) is 38.6 Å². The molecule has 114 valence electrons. The van der Waals surface area contributed by atoms with Crippen molar-refractivity contribution in [1.82, 2.24) is 4.98 Å². The molecule has 0 saturated carbocycles. The number of nitrogens with zero attached hydrogens (tertiary/aromatic N) is 1. The highest BCUT2D eigenvalue weighted by atomic mass is 19.1. The maximum Gasteiger partial charge on any atom is 0.126 e. The van der Waals surface area contributed by atoms with Crippen LogP contribution in [0.5, 0.6) is 0 Å². The van der Waals surface area contributed by atoms with Gasteiger partial charge in [-0.1, -0.05) is 19.8 Å². The number of halogens is 1. The quantitative estimate of drug-likeness (QED) is 0.763. The van der Waals surface area contributed by atoms with Crippen molar-refractivity contribution in [2.24, 2.45) is 0 Å². The smallest absolute Gasteiger partial charge is 0.126 e. The van der Waals surface area contributed by atoms with Gasteiger partial charge in [-0.2, -0.15) is 0 Å². The summed E-state index contributed by atoms with van der Waals surface area (Å²) in [7, 11) is 0. The van der Waals surface area contributed by atoms with E-state index in [1.807, 2.05) is 6.92 Å². The molecule has 0 fully saturated rings. The topological polar surface area (TPSA) is 71.2 Å². The number of nitrogen functional groups attached to an aromatic ring is 1. The van der Waals surface area contributed by atoms with Crippen LogP contribution in [0.25, 0.3) is 10.9 Å². The molecule has 4 N–H and O–H groups in total. The third kappa shape index (κ3) is 3.61. The molecule has 0 radical (unpaired) electrons. The molecule has 1 heterocycles. The first-order chi connectivity index (χ1) is 9.97. The summed E-state index contributed by atoms with van der Waals surface area (Å²) in [5.41, 5.74) is 6.64. The number of hydrogen-bond donors (Lipinski definition) is 3. The number of hydrogen-bond acceptors (Lipinski definition) is 4. The lowest BCUT2D eigenvalue weighted by molar-refractivity contribution is 0.212. The van der Waals surface area contributed by atoms with Crippen LogP contribution in [0.4, 0.5) is 15.9 Å². The Morgan fingerprint density at radius 2 is 2.14 bits per heavy atom. The molecule has 0 aliphatic heterocycles. The van der Waals surface area contributed by atoms with E-state index in [2.05, 4.69) is 17.2 Å². The molecule has 4 nitrogen and oxygen atoms in total. The van der Waals surface area contributed by atoms with Crippen LogP contribution in [-0.4, -0.2) is 22.2 Å². The Morgan fingerprint density at radius 3 is 2.81 bits per heavy atom. The number of aliphatic hydroxyl groups is 1. The summed E-state index contributed by atoms with van der Waals surface area (Å²) in [4.78, 5) is 4.15. The molecule has 2 rings (SSSR count). The Labute approximate surface area is 124 Å². The van der Waals surface area contributed by atoms with Gasteiger partial charge in [0.05, 0.1) is 17.7 Å². The number of aromatic nitrogens is 1. The van der Waals surface area contributed by atoms with Crippen LogP contribution in [0.1, 0.15) is 33.1 Å². The highest BCUT2D eigenvalue weighted by molar-refractivity contribution is 5.93. The Kier molecular flexibility index (Phi) is 4.63. The normalized spacial score (nSPS) is 14.1. The van der Waals surface area contributed by atoms with Crippen molar-refractivity contribution in [1.29, 1.82) is 0 Å². The minimum absolute atomic E-state index is 0.0118.